The van der Waals surface area contributed by atoms with E-state index in [1.807, 2.05) is 0 Å². The molecule has 4 heteroatoms. The van der Waals surface area contributed by atoms with Crippen molar-refractivity contribution in [2.45, 2.75) is 45.6 Å². The Kier molecular flexibility index (Phi) is 5.29. The van der Waals surface area contributed by atoms with Crippen molar-refractivity contribution in [3.05, 3.63) is 0 Å². The van der Waals surface area contributed by atoms with Gasteiger partial charge in [0.05, 0.1) is 6.10 Å². The highest BCUT2D eigenvalue weighted by Crippen LogP contribution is 2.25. The Morgan fingerprint density at radius 3 is 3.11 bits per heavy atom. The number of hydrogen-bond donors (Lipinski definition) is 2. The molecule has 0 radical (unpaired) electrons. The maximum atomic E-state index is 5.92. The van der Waals surface area contributed by atoms with Crippen LogP contribution in [0.5, 0.6) is 0 Å². The number of ether oxygens (including phenoxy) is 1. The minimum atomic E-state index is 0.401. The predicted octanol–water partition coefficient (Wildman–Crippen LogP) is 1.77. The molecule has 0 bridgehead atoms. The van der Waals surface area contributed by atoms with Gasteiger partial charge in [-0.1, -0.05) is 13.8 Å². The molecule has 4 nitrogen and oxygen atoms in total. The van der Waals surface area contributed by atoms with Crippen LogP contribution in [0.2, 0.25) is 0 Å². The highest BCUT2D eigenvalue weighted by molar-refractivity contribution is 5.79. The average molecular weight is 253 g/mol. The van der Waals surface area contributed by atoms with E-state index in [9.17, 15) is 0 Å². The first kappa shape index (κ1) is 13.7. The maximum absolute atomic E-state index is 5.92. The molecule has 1 saturated heterocycles. The van der Waals surface area contributed by atoms with E-state index in [1.54, 1.807) is 0 Å². The molecule has 0 unspecified atom stereocenters. The van der Waals surface area contributed by atoms with Crippen molar-refractivity contribution in [3.8, 4) is 0 Å². The number of nitrogens with one attached hydrogen (secondary N) is 2. The third-order valence-electron chi connectivity index (χ3n) is 3.83. The van der Waals surface area contributed by atoms with E-state index in [1.165, 1.54) is 25.7 Å². The van der Waals surface area contributed by atoms with Crippen LogP contribution < -0.4 is 10.6 Å². The van der Waals surface area contributed by atoms with Crippen molar-refractivity contribution in [3.63, 3.8) is 0 Å². The van der Waals surface area contributed by atoms with Crippen molar-refractivity contribution in [1.29, 1.82) is 0 Å². The summed E-state index contributed by atoms with van der Waals surface area (Å²) < 4.78 is 5.92. The Hall–Kier alpha value is -0.770. The van der Waals surface area contributed by atoms with Crippen molar-refractivity contribution in [2.75, 3.05) is 26.2 Å². The van der Waals surface area contributed by atoms with Gasteiger partial charge < -0.3 is 15.4 Å². The average Bonchev–Trinajstić information content (AvgIpc) is 2.65. The lowest BCUT2D eigenvalue weighted by Crippen LogP contribution is -2.45. The zero-order valence-corrected chi connectivity index (χ0v) is 11.7. The largest absolute Gasteiger partial charge is 0.378 e. The first-order chi connectivity index (χ1) is 8.77. The van der Waals surface area contributed by atoms with E-state index >= 15 is 0 Å². The molecule has 2 atom stereocenters. The zero-order valence-electron chi connectivity index (χ0n) is 11.7. The van der Waals surface area contributed by atoms with E-state index in [4.69, 9.17) is 4.74 Å². The van der Waals surface area contributed by atoms with Gasteiger partial charge >= 0.3 is 0 Å². The first-order valence-corrected chi connectivity index (χ1v) is 7.41. The smallest absolute Gasteiger partial charge is 0.191 e. The van der Waals surface area contributed by atoms with Crippen LogP contribution in [-0.2, 0) is 4.74 Å². The molecule has 0 aromatic heterocycles. The SMILES string of the molecule is CC(C)[C@@H]1OCCC[C@@H]1CNC1=NCCCCN1. The Labute approximate surface area is 111 Å². The van der Waals surface area contributed by atoms with Gasteiger partial charge in [0, 0.05) is 32.2 Å². The van der Waals surface area contributed by atoms with Gasteiger partial charge in [0.15, 0.2) is 5.96 Å². The summed E-state index contributed by atoms with van der Waals surface area (Å²) >= 11 is 0. The normalized spacial score (nSPS) is 29.4. The molecule has 0 amide bonds. The van der Waals surface area contributed by atoms with Crippen molar-refractivity contribution < 1.29 is 4.74 Å². The van der Waals surface area contributed by atoms with Gasteiger partial charge in [-0.25, -0.2) is 0 Å². The second-order valence-electron chi connectivity index (χ2n) is 5.73. The molecule has 2 heterocycles. The molecule has 2 rings (SSSR count). The summed E-state index contributed by atoms with van der Waals surface area (Å²) in [5.74, 6) is 2.20. The van der Waals surface area contributed by atoms with Gasteiger partial charge in [-0.2, -0.15) is 0 Å². The molecule has 0 aromatic rings. The van der Waals surface area contributed by atoms with E-state index in [0.717, 1.165) is 32.2 Å². The van der Waals surface area contributed by atoms with Crippen LogP contribution in [0, 0.1) is 11.8 Å². The van der Waals surface area contributed by atoms with Crippen molar-refractivity contribution in [1.82, 2.24) is 10.6 Å². The number of aliphatic imine (C=N–C) groups is 1. The van der Waals surface area contributed by atoms with Gasteiger partial charge in [-0.3, -0.25) is 4.99 Å². The molecular formula is C14H27N3O. The monoisotopic (exact) mass is 253 g/mol. The summed E-state index contributed by atoms with van der Waals surface area (Å²) in [5, 5.41) is 6.84. The van der Waals surface area contributed by atoms with Crippen LogP contribution >= 0.6 is 0 Å². The lowest BCUT2D eigenvalue weighted by atomic mass is 9.87. The standard InChI is InChI=1S/C14H27N3O/c1-11(2)13-12(6-5-9-18-13)10-17-14-15-7-3-4-8-16-14/h11-13H,3-10H2,1-2H3,(H2,15,16,17)/t12-,13+/m1/s1. The Bertz CT molecular complexity index is 278. The van der Waals surface area contributed by atoms with Crippen LogP contribution in [0.15, 0.2) is 4.99 Å². The number of hydrogen-bond acceptors (Lipinski definition) is 4. The van der Waals surface area contributed by atoms with Gasteiger partial charge in [0.1, 0.15) is 0 Å². The quantitative estimate of drug-likeness (QED) is 0.806. The van der Waals surface area contributed by atoms with E-state index in [0.29, 0.717) is 17.9 Å². The Balaban J connectivity index is 1.81. The second kappa shape index (κ2) is 6.98. The van der Waals surface area contributed by atoms with Gasteiger partial charge in [0.25, 0.3) is 0 Å². The first-order valence-electron chi connectivity index (χ1n) is 7.41. The van der Waals surface area contributed by atoms with Crippen molar-refractivity contribution in [2.24, 2.45) is 16.8 Å². The molecule has 2 N–H and O–H groups in total. The molecule has 0 aromatic carbocycles. The third kappa shape index (κ3) is 3.87. The summed E-state index contributed by atoms with van der Waals surface area (Å²) in [6, 6.07) is 0. The molecular weight excluding hydrogens is 226 g/mol. The predicted molar refractivity (Wildman–Crippen MR) is 74.8 cm³/mol. The molecule has 0 spiro atoms. The number of nitrogens with zero attached hydrogens (tertiary/aromatic N) is 1. The molecule has 104 valence electrons. The highest BCUT2D eigenvalue weighted by Gasteiger charge is 2.28. The van der Waals surface area contributed by atoms with E-state index in [-0.39, 0.29) is 0 Å². The van der Waals surface area contributed by atoms with Crippen LogP contribution in [0.25, 0.3) is 0 Å². The Morgan fingerprint density at radius 1 is 1.39 bits per heavy atom. The summed E-state index contributed by atoms with van der Waals surface area (Å²) in [6.45, 7) is 8.41. The third-order valence-corrected chi connectivity index (χ3v) is 3.83. The minimum Gasteiger partial charge on any atom is -0.378 e. The van der Waals surface area contributed by atoms with Crippen LogP contribution in [0.3, 0.4) is 0 Å². The fraction of sp³-hybridized carbons (Fsp3) is 0.929. The van der Waals surface area contributed by atoms with Gasteiger partial charge in [-0.15, -0.1) is 0 Å². The maximum Gasteiger partial charge on any atom is 0.191 e. The molecule has 2 aliphatic rings. The Morgan fingerprint density at radius 2 is 2.28 bits per heavy atom. The summed E-state index contributed by atoms with van der Waals surface area (Å²) in [6.07, 6.45) is 5.27. The van der Waals surface area contributed by atoms with Crippen molar-refractivity contribution >= 4 is 5.96 Å². The van der Waals surface area contributed by atoms with Crippen LogP contribution in [-0.4, -0.2) is 38.3 Å². The fourth-order valence-corrected chi connectivity index (χ4v) is 2.86. The zero-order chi connectivity index (χ0) is 12.8. The second-order valence-corrected chi connectivity index (χ2v) is 5.73. The lowest BCUT2D eigenvalue weighted by molar-refractivity contribution is -0.0505. The topological polar surface area (TPSA) is 45.6 Å². The van der Waals surface area contributed by atoms with Gasteiger partial charge in [-0.05, 0) is 31.6 Å². The summed E-state index contributed by atoms with van der Waals surface area (Å²) in [4.78, 5) is 4.53. The fourth-order valence-electron chi connectivity index (χ4n) is 2.86. The van der Waals surface area contributed by atoms with Gasteiger partial charge in [0.2, 0.25) is 0 Å². The molecule has 2 aliphatic heterocycles. The van der Waals surface area contributed by atoms with Crippen LogP contribution in [0.1, 0.15) is 39.5 Å². The number of rotatable bonds is 3. The molecule has 18 heavy (non-hydrogen) atoms. The highest BCUT2D eigenvalue weighted by atomic mass is 16.5. The summed E-state index contributed by atoms with van der Waals surface area (Å²) in [7, 11) is 0. The summed E-state index contributed by atoms with van der Waals surface area (Å²) in [5.41, 5.74) is 0. The van der Waals surface area contributed by atoms with E-state index in [2.05, 4.69) is 29.5 Å². The van der Waals surface area contributed by atoms with Crippen LogP contribution in [0.4, 0.5) is 0 Å². The molecule has 0 aliphatic carbocycles. The molecule has 0 saturated carbocycles. The molecule has 1 fully saturated rings. The number of guanidine groups is 1. The lowest BCUT2D eigenvalue weighted by Gasteiger charge is -2.34. The minimum absolute atomic E-state index is 0.401. The van der Waals surface area contributed by atoms with E-state index < -0.39 is 0 Å².